The molecule has 0 unspecified atom stereocenters. The zero-order valence-corrected chi connectivity index (χ0v) is 20.6. The molecule has 0 aliphatic carbocycles. The molecule has 0 aliphatic heterocycles. The summed E-state index contributed by atoms with van der Waals surface area (Å²) < 4.78 is 34.0. The Labute approximate surface area is 212 Å². The second-order valence-electron chi connectivity index (χ2n) is 8.10. The average molecular weight is 518 g/mol. The van der Waals surface area contributed by atoms with E-state index in [9.17, 15) is 13.2 Å². The van der Waals surface area contributed by atoms with E-state index in [1.807, 2.05) is 24.3 Å². The SMILES string of the molecule is Cc1ccc(S(=O)(=O)Nc2cccc(Cl)c2)cc1NC(=O)c1cc(-c2ccco2)nc2ccccc12. The summed E-state index contributed by atoms with van der Waals surface area (Å²) in [5, 5.41) is 3.94. The Morgan fingerprint density at radius 2 is 1.78 bits per heavy atom. The first-order valence-corrected chi connectivity index (χ1v) is 12.8. The molecule has 0 saturated heterocycles. The number of fused-ring (bicyclic) bond motifs is 1. The summed E-state index contributed by atoms with van der Waals surface area (Å²) in [6, 6.07) is 23.4. The third-order valence-corrected chi connectivity index (χ3v) is 7.19. The quantitative estimate of drug-likeness (QED) is 0.267. The lowest BCUT2D eigenvalue weighted by Crippen LogP contribution is -2.16. The van der Waals surface area contributed by atoms with Crippen molar-refractivity contribution in [2.45, 2.75) is 11.8 Å². The first-order chi connectivity index (χ1) is 17.3. The highest BCUT2D eigenvalue weighted by Gasteiger charge is 2.19. The fourth-order valence-corrected chi connectivity index (χ4v) is 5.04. The highest BCUT2D eigenvalue weighted by atomic mass is 35.5. The summed E-state index contributed by atoms with van der Waals surface area (Å²) in [6.45, 7) is 1.79. The van der Waals surface area contributed by atoms with E-state index in [1.54, 1.807) is 55.7 Å². The Hall–Kier alpha value is -4.14. The van der Waals surface area contributed by atoms with Crippen molar-refractivity contribution in [2.24, 2.45) is 0 Å². The molecule has 36 heavy (non-hydrogen) atoms. The van der Waals surface area contributed by atoms with Crippen molar-refractivity contribution in [3.05, 3.63) is 107 Å². The number of aromatic nitrogens is 1. The van der Waals surface area contributed by atoms with Crippen LogP contribution in [-0.4, -0.2) is 19.3 Å². The largest absolute Gasteiger partial charge is 0.463 e. The van der Waals surface area contributed by atoms with Crippen molar-refractivity contribution in [3.8, 4) is 11.5 Å². The van der Waals surface area contributed by atoms with Gasteiger partial charge in [-0.1, -0.05) is 41.9 Å². The molecule has 2 aromatic heterocycles. The van der Waals surface area contributed by atoms with Gasteiger partial charge in [0.05, 0.1) is 27.9 Å². The zero-order chi connectivity index (χ0) is 25.3. The van der Waals surface area contributed by atoms with Crippen molar-refractivity contribution in [3.63, 3.8) is 0 Å². The molecule has 180 valence electrons. The van der Waals surface area contributed by atoms with Crippen LogP contribution in [0.1, 0.15) is 15.9 Å². The Kier molecular flexibility index (Phi) is 6.22. The van der Waals surface area contributed by atoms with E-state index < -0.39 is 15.9 Å². The van der Waals surface area contributed by atoms with E-state index >= 15 is 0 Å². The van der Waals surface area contributed by atoms with Crippen LogP contribution in [0.5, 0.6) is 0 Å². The first-order valence-electron chi connectivity index (χ1n) is 10.9. The molecule has 2 N–H and O–H groups in total. The van der Waals surface area contributed by atoms with Gasteiger partial charge in [-0.25, -0.2) is 13.4 Å². The number of nitrogens with one attached hydrogen (secondary N) is 2. The lowest BCUT2D eigenvalue weighted by Gasteiger charge is -2.14. The van der Waals surface area contributed by atoms with Crippen molar-refractivity contribution in [2.75, 3.05) is 10.0 Å². The summed E-state index contributed by atoms with van der Waals surface area (Å²) in [4.78, 5) is 18.0. The highest BCUT2D eigenvalue weighted by molar-refractivity contribution is 7.92. The van der Waals surface area contributed by atoms with E-state index in [1.165, 1.54) is 18.2 Å². The fourth-order valence-electron chi connectivity index (χ4n) is 3.77. The molecule has 1 amide bonds. The summed E-state index contributed by atoms with van der Waals surface area (Å²) in [6.07, 6.45) is 1.54. The number of anilines is 2. The van der Waals surface area contributed by atoms with Crippen LogP contribution in [0, 0.1) is 6.92 Å². The second-order valence-corrected chi connectivity index (χ2v) is 10.2. The Bertz CT molecular complexity index is 1700. The van der Waals surface area contributed by atoms with Crippen molar-refractivity contribution in [1.82, 2.24) is 4.98 Å². The van der Waals surface area contributed by atoms with Gasteiger partial charge in [-0.3, -0.25) is 9.52 Å². The molecule has 7 nitrogen and oxygen atoms in total. The predicted octanol–water partition coefficient (Wildman–Crippen LogP) is 6.51. The number of carbonyl (C=O) groups is 1. The van der Waals surface area contributed by atoms with Gasteiger partial charge in [0.25, 0.3) is 15.9 Å². The van der Waals surface area contributed by atoms with Gasteiger partial charge < -0.3 is 9.73 Å². The number of nitrogens with zero attached hydrogens (tertiary/aromatic N) is 1. The van der Waals surface area contributed by atoms with Crippen LogP contribution in [0.25, 0.3) is 22.4 Å². The van der Waals surface area contributed by atoms with Crippen LogP contribution < -0.4 is 10.0 Å². The number of furan rings is 1. The van der Waals surface area contributed by atoms with E-state index in [0.29, 0.717) is 49.9 Å². The molecule has 0 spiro atoms. The van der Waals surface area contributed by atoms with Crippen LogP contribution in [0.3, 0.4) is 0 Å². The summed E-state index contributed by atoms with van der Waals surface area (Å²) in [5.74, 6) is 0.132. The molecule has 5 rings (SSSR count). The van der Waals surface area contributed by atoms with Gasteiger partial charge in [-0.15, -0.1) is 0 Å². The van der Waals surface area contributed by atoms with E-state index in [2.05, 4.69) is 15.0 Å². The zero-order valence-electron chi connectivity index (χ0n) is 19.0. The van der Waals surface area contributed by atoms with E-state index in [0.717, 1.165) is 0 Å². The molecule has 3 aromatic carbocycles. The van der Waals surface area contributed by atoms with Gasteiger partial charge in [0, 0.05) is 16.1 Å². The standard InChI is InChI=1S/C27H20ClN3O4S/c1-17-11-12-20(36(33,34)31-19-7-4-6-18(28)14-19)15-24(17)30-27(32)22-16-25(26-10-5-13-35-26)29-23-9-3-2-8-21(22)23/h2-16,31H,1H3,(H,30,32). The maximum Gasteiger partial charge on any atom is 0.261 e. The van der Waals surface area contributed by atoms with Crippen LogP contribution in [-0.2, 0) is 10.0 Å². The number of benzene rings is 3. The summed E-state index contributed by atoms with van der Waals surface area (Å²) >= 11 is 5.97. The van der Waals surface area contributed by atoms with Crippen molar-refractivity contribution >= 4 is 49.8 Å². The van der Waals surface area contributed by atoms with Crippen LogP contribution in [0.15, 0.2) is 101 Å². The predicted molar refractivity (Wildman–Crippen MR) is 141 cm³/mol. The Morgan fingerprint density at radius 1 is 0.944 bits per heavy atom. The number of pyridine rings is 1. The lowest BCUT2D eigenvalue weighted by atomic mass is 10.1. The average Bonchev–Trinajstić information content (AvgIpc) is 3.39. The molecule has 5 aromatic rings. The number of rotatable bonds is 6. The number of amides is 1. The minimum absolute atomic E-state index is 0.000707. The van der Waals surface area contributed by atoms with Crippen molar-refractivity contribution in [1.29, 1.82) is 0 Å². The number of carbonyl (C=O) groups excluding carboxylic acids is 1. The Balaban J connectivity index is 1.49. The molecule has 9 heteroatoms. The molecule has 2 heterocycles. The number of hydrogen-bond donors (Lipinski definition) is 2. The third-order valence-electron chi connectivity index (χ3n) is 5.58. The fraction of sp³-hybridized carbons (Fsp3) is 0.0370. The summed E-state index contributed by atoms with van der Waals surface area (Å²) in [5.41, 5.74) is 2.95. The second kappa shape index (κ2) is 9.49. The summed E-state index contributed by atoms with van der Waals surface area (Å²) in [7, 11) is -3.92. The maximum absolute atomic E-state index is 13.4. The number of sulfonamides is 1. The molecule has 0 radical (unpaired) electrons. The van der Waals surface area contributed by atoms with Gasteiger partial charge in [-0.2, -0.15) is 0 Å². The van der Waals surface area contributed by atoms with E-state index in [-0.39, 0.29) is 4.90 Å². The number of halogens is 1. The van der Waals surface area contributed by atoms with Gasteiger partial charge >= 0.3 is 0 Å². The molecular formula is C27H20ClN3O4S. The van der Waals surface area contributed by atoms with Crippen molar-refractivity contribution < 1.29 is 17.6 Å². The maximum atomic E-state index is 13.4. The Morgan fingerprint density at radius 3 is 2.56 bits per heavy atom. The number of aryl methyl sites for hydroxylation is 1. The molecular weight excluding hydrogens is 498 g/mol. The van der Waals surface area contributed by atoms with Crippen LogP contribution in [0.2, 0.25) is 5.02 Å². The topological polar surface area (TPSA) is 101 Å². The van der Waals surface area contributed by atoms with Gasteiger partial charge in [0.1, 0.15) is 5.69 Å². The smallest absolute Gasteiger partial charge is 0.261 e. The minimum Gasteiger partial charge on any atom is -0.463 e. The van der Waals surface area contributed by atoms with Gasteiger partial charge in [0.2, 0.25) is 0 Å². The minimum atomic E-state index is -3.92. The molecule has 0 aliphatic rings. The highest BCUT2D eigenvalue weighted by Crippen LogP contribution is 2.28. The molecule has 0 atom stereocenters. The van der Waals surface area contributed by atoms with Gasteiger partial charge in [-0.05, 0) is 67.1 Å². The van der Waals surface area contributed by atoms with Crippen LogP contribution >= 0.6 is 11.6 Å². The molecule has 0 fully saturated rings. The van der Waals surface area contributed by atoms with Gasteiger partial charge in [0.15, 0.2) is 5.76 Å². The van der Waals surface area contributed by atoms with E-state index in [4.69, 9.17) is 16.0 Å². The number of para-hydroxylation sites is 1. The first kappa shape index (κ1) is 23.6. The lowest BCUT2D eigenvalue weighted by molar-refractivity contribution is 0.102. The molecule has 0 bridgehead atoms. The third kappa shape index (κ3) is 4.82. The normalized spacial score (nSPS) is 11.4. The molecule has 0 saturated carbocycles. The number of hydrogen-bond acceptors (Lipinski definition) is 5. The monoisotopic (exact) mass is 517 g/mol. The van der Waals surface area contributed by atoms with Crippen LogP contribution in [0.4, 0.5) is 11.4 Å².